The van der Waals surface area contributed by atoms with Crippen LogP contribution >= 0.6 is 22.6 Å². The van der Waals surface area contributed by atoms with Gasteiger partial charge in [-0.1, -0.05) is 6.07 Å². The average Bonchev–Trinajstić information content (AvgIpc) is 2.42. The quantitative estimate of drug-likeness (QED) is 0.742. The lowest BCUT2D eigenvalue weighted by Crippen LogP contribution is -2.17. The third-order valence-corrected chi connectivity index (χ3v) is 4.60. The molecule has 1 aliphatic rings. The molecule has 0 amide bonds. The van der Waals surface area contributed by atoms with Crippen molar-refractivity contribution < 1.29 is 9.50 Å². The second-order valence-corrected chi connectivity index (χ2v) is 6.26. The summed E-state index contributed by atoms with van der Waals surface area (Å²) in [5.41, 5.74) is 3.37. The van der Waals surface area contributed by atoms with Crippen LogP contribution in [0.4, 0.5) is 10.1 Å². The van der Waals surface area contributed by atoms with E-state index in [1.807, 2.05) is 12.1 Å². The van der Waals surface area contributed by atoms with Crippen LogP contribution in [0.25, 0.3) is 0 Å². The minimum absolute atomic E-state index is 0.171. The van der Waals surface area contributed by atoms with E-state index in [0.29, 0.717) is 5.75 Å². The van der Waals surface area contributed by atoms with E-state index in [9.17, 15) is 9.50 Å². The fourth-order valence-electron chi connectivity index (χ4n) is 2.73. The van der Waals surface area contributed by atoms with E-state index in [-0.39, 0.29) is 11.9 Å². The van der Waals surface area contributed by atoms with E-state index in [0.717, 1.165) is 34.1 Å². The molecule has 0 fully saturated rings. The number of anilines is 1. The van der Waals surface area contributed by atoms with E-state index in [1.165, 1.54) is 17.7 Å². The fraction of sp³-hybridized carbons (Fsp3) is 0.250. The zero-order chi connectivity index (χ0) is 14.1. The van der Waals surface area contributed by atoms with Gasteiger partial charge in [0.15, 0.2) is 0 Å². The summed E-state index contributed by atoms with van der Waals surface area (Å²) in [6.07, 6.45) is 3.19. The first-order valence-corrected chi connectivity index (χ1v) is 7.75. The highest BCUT2D eigenvalue weighted by Crippen LogP contribution is 2.35. The minimum atomic E-state index is -0.221. The van der Waals surface area contributed by atoms with Gasteiger partial charge in [-0.2, -0.15) is 0 Å². The molecule has 2 aromatic carbocycles. The van der Waals surface area contributed by atoms with Gasteiger partial charge in [0.25, 0.3) is 0 Å². The monoisotopic (exact) mass is 383 g/mol. The van der Waals surface area contributed by atoms with Gasteiger partial charge >= 0.3 is 0 Å². The van der Waals surface area contributed by atoms with Gasteiger partial charge in [-0.05, 0) is 83.3 Å². The second kappa shape index (κ2) is 5.60. The molecule has 0 heterocycles. The average molecular weight is 383 g/mol. The van der Waals surface area contributed by atoms with Crippen LogP contribution in [0.15, 0.2) is 36.4 Å². The molecule has 2 aromatic rings. The fourth-order valence-corrected chi connectivity index (χ4v) is 3.36. The van der Waals surface area contributed by atoms with Crippen LogP contribution < -0.4 is 5.32 Å². The predicted molar refractivity (Wildman–Crippen MR) is 86.5 cm³/mol. The van der Waals surface area contributed by atoms with Crippen molar-refractivity contribution in [3.05, 3.63) is 56.9 Å². The molecule has 0 aliphatic heterocycles. The van der Waals surface area contributed by atoms with E-state index < -0.39 is 0 Å². The van der Waals surface area contributed by atoms with E-state index in [1.54, 1.807) is 12.1 Å². The minimum Gasteiger partial charge on any atom is -0.508 e. The normalized spacial score (nSPS) is 17.6. The summed E-state index contributed by atoms with van der Waals surface area (Å²) in [4.78, 5) is 0. The SMILES string of the molecule is Oc1ccc2c(c1)C(Nc1ccc(F)cc1I)CCC2. The van der Waals surface area contributed by atoms with Gasteiger partial charge in [-0.15, -0.1) is 0 Å². The first-order chi connectivity index (χ1) is 9.63. The van der Waals surface area contributed by atoms with Crippen molar-refractivity contribution in [1.29, 1.82) is 0 Å². The predicted octanol–water partition coefficient (Wildman–Crippen LogP) is 4.63. The molecule has 2 N–H and O–H groups in total. The first-order valence-electron chi connectivity index (χ1n) is 6.67. The molecular formula is C16H15FINO. The number of halogens is 2. The second-order valence-electron chi connectivity index (χ2n) is 5.10. The topological polar surface area (TPSA) is 32.3 Å². The van der Waals surface area contributed by atoms with Crippen LogP contribution in [0, 0.1) is 9.39 Å². The van der Waals surface area contributed by atoms with Crippen LogP contribution in [-0.2, 0) is 6.42 Å². The van der Waals surface area contributed by atoms with Gasteiger partial charge in [0.05, 0.1) is 6.04 Å². The Morgan fingerprint density at radius 3 is 2.85 bits per heavy atom. The largest absolute Gasteiger partial charge is 0.508 e. The third-order valence-electron chi connectivity index (χ3n) is 3.70. The Labute approximate surface area is 131 Å². The Morgan fingerprint density at radius 1 is 1.20 bits per heavy atom. The maximum absolute atomic E-state index is 13.2. The van der Waals surface area contributed by atoms with E-state index in [4.69, 9.17) is 0 Å². The molecule has 3 rings (SSSR count). The Bertz CT molecular complexity index is 644. The molecule has 0 aromatic heterocycles. The summed E-state index contributed by atoms with van der Waals surface area (Å²) >= 11 is 2.14. The lowest BCUT2D eigenvalue weighted by Gasteiger charge is -2.28. The molecule has 1 unspecified atom stereocenters. The van der Waals surface area contributed by atoms with Crippen LogP contribution in [0.5, 0.6) is 5.75 Å². The Morgan fingerprint density at radius 2 is 2.05 bits per heavy atom. The van der Waals surface area contributed by atoms with Gasteiger partial charge in [0, 0.05) is 9.26 Å². The summed E-state index contributed by atoms with van der Waals surface area (Å²) in [5, 5.41) is 13.2. The van der Waals surface area contributed by atoms with Crippen LogP contribution in [0.1, 0.15) is 30.0 Å². The molecule has 0 radical (unpaired) electrons. The third kappa shape index (κ3) is 2.75. The summed E-state index contributed by atoms with van der Waals surface area (Å²) in [5.74, 6) is 0.0768. The molecule has 104 valence electrons. The molecular weight excluding hydrogens is 368 g/mol. The highest BCUT2D eigenvalue weighted by atomic mass is 127. The molecule has 0 saturated carbocycles. The van der Waals surface area contributed by atoms with Crippen molar-refractivity contribution in [3.63, 3.8) is 0 Å². The molecule has 2 nitrogen and oxygen atoms in total. The van der Waals surface area contributed by atoms with Crippen molar-refractivity contribution in [3.8, 4) is 5.75 Å². The molecule has 20 heavy (non-hydrogen) atoms. The molecule has 0 bridgehead atoms. The van der Waals surface area contributed by atoms with Gasteiger partial charge in [0.1, 0.15) is 11.6 Å². The van der Waals surface area contributed by atoms with Crippen LogP contribution in [-0.4, -0.2) is 5.11 Å². The molecule has 1 atom stereocenters. The van der Waals surface area contributed by atoms with Crippen molar-refractivity contribution in [2.75, 3.05) is 5.32 Å². The Hall–Kier alpha value is -1.30. The van der Waals surface area contributed by atoms with Gasteiger partial charge in [-0.3, -0.25) is 0 Å². The number of rotatable bonds is 2. The number of hydrogen-bond acceptors (Lipinski definition) is 2. The molecule has 0 saturated heterocycles. The Kier molecular flexibility index (Phi) is 3.83. The number of hydrogen-bond donors (Lipinski definition) is 2. The maximum atomic E-state index is 13.2. The number of phenols is 1. The zero-order valence-corrected chi connectivity index (χ0v) is 13.0. The first kappa shape index (κ1) is 13.7. The van der Waals surface area contributed by atoms with Gasteiger partial charge in [0.2, 0.25) is 0 Å². The highest BCUT2D eigenvalue weighted by Gasteiger charge is 2.21. The van der Waals surface area contributed by atoms with Crippen molar-refractivity contribution in [2.24, 2.45) is 0 Å². The summed E-state index contributed by atoms with van der Waals surface area (Å²) in [7, 11) is 0. The van der Waals surface area contributed by atoms with Crippen molar-refractivity contribution in [2.45, 2.75) is 25.3 Å². The number of phenolic OH excluding ortho intramolecular Hbond substituents is 1. The number of aryl methyl sites for hydroxylation is 1. The summed E-state index contributed by atoms with van der Waals surface area (Å²) < 4.78 is 14.0. The highest BCUT2D eigenvalue weighted by molar-refractivity contribution is 14.1. The Balaban J connectivity index is 1.91. The maximum Gasteiger partial charge on any atom is 0.124 e. The summed E-state index contributed by atoms with van der Waals surface area (Å²) in [6.45, 7) is 0. The summed E-state index contributed by atoms with van der Waals surface area (Å²) in [6, 6.07) is 10.5. The van der Waals surface area contributed by atoms with E-state index in [2.05, 4.69) is 27.9 Å². The van der Waals surface area contributed by atoms with E-state index >= 15 is 0 Å². The lowest BCUT2D eigenvalue weighted by atomic mass is 9.87. The molecule has 0 spiro atoms. The van der Waals surface area contributed by atoms with Crippen molar-refractivity contribution >= 4 is 28.3 Å². The number of aromatic hydroxyl groups is 1. The smallest absolute Gasteiger partial charge is 0.124 e. The standard InChI is InChI=1S/C16H15FINO/c17-11-5-7-16(14(18)8-11)19-15-3-1-2-10-4-6-12(20)9-13(10)15/h4-9,15,19-20H,1-3H2. The zero-order valence-electron chi connectivity index (χ0n) is 10.9. The van der Waals surface area contributed by atoms with Crippen LogP contribution in [0.2, 0.25) is 0 Å². The molecule has 1 aliphatic carbocycles. The molecule has 4 heteroatoms. The van der Waals surface area contributed by atoms with Gasteiger partial charge in [-0.25, -0.2) is 4.39 Å². The van der Waals surface area contributed by atoms with Gasteiger partial charge < -0.3 is 10.4 Å². The number of fused-ring (bicyclic) bond motifs is 1. The lowest BCUT2D eigenvalue weighted by molar-refractivity contribution is 0.471. The van der Waals surface area contributed by atoms with Crippen LogP contribution in [0.3, 0.4) is 0 Å². The number of benzene rings is 2. The van der Waals surface area contributed by atoms with Crippen molar-refractivity contribution in [1.82, 2.24) is 0 Å². The number of nitrogens with one attached hydrogen (secondary N) is 1.